The molecule has 1 atom stereocenters. The van der Waals surface area contributed by atoms with Crippen LogP contribution in [0.4, 0.5) is 10.1 Å². The number of halogens is 1. The molecular formula is C11H15FN2O4. The van der Waals surface area contributed by atoms with E-state index < -0.39 is 16.4 Å². The van der Waals surface area contributed by atoms with E-state index in [1.807, 2.05) is 0 Å². The first-order valence-electron chi connectivity index (χ1n) is 5.35. The number of ether oxygens (including phenoxy) is 1. The Bertz CT molecular complexity index is 414. The number of aliphatic hydroxyl groups excluding tert-OH is 1. The predicted octanol–water partition coefficient (Wildman–Crippen LogP) is 0.831. The van der Waals surface area contributed by atoms with Crippen LogP contribution in [0.2, 0.25) is 0 Å². The number of hydrogen-bond donors (Lipinski definition) is 2. The molecular weight excluding hydrogens is 243 g/mol. The number of nitro groups is 1. The van der Waals surface area contributed by atoms with Gasteiger partial charge in [-0.1, -0.05) is 12.1 Å². The molecule has 1 aromatic carbocycles. The van der Waals surface area contributed by atoms with Gasteiger partial charge in [-0.25, -0.2) is 0 Å². The zero-order valence-corrected chi connectivity index (χ0v) is 9.93. The van der Waals surface area contributed by atoms with Gasteiger partial charge in [0.05, 0.1) is 24.2 Å². The van der Waals surface area contributed by atoms with Crippen LogP contribution in [0.1, 0.15) is 5.56 Å². The molecule has 2 N–H and O–H groups in total. The first-order valence-corrected chi connectivity index (χ1v) is 5.35. The lowest BCUT2D eigenvalue weighted by Gasteiger charge is -2.15. The number of methoxy groups -OCH3 is 1. The van der Waals surface area contributed by atoms with Crippen molar-refractivity contribution in [3.8, 4) is 0 Å². The predicted molar refractivity (Wildman–Crippen MR) is 62.6 cm³/mol. The average Bonchev–Trinajstić information content (AvgIpc) is 2.35. The lowest BCUT2D eigenvalue weighted by atomic mass is 10.1. The molecule has 0 fully saturated rings. The minimum atomic E-state index is -0.857. The van der Waals surface area contributed by atoms with Crippen molar-refractivity contribution in [2.75, 3.05) is 20.3 Å². The molecule has 0 bridgehead atoms. The molecule has 1 rings (SSSR count). The van der Waals surface area contributed by atoms with Crippen molar-refractivity contribution < 1.29 is 19.2 Å². The van der Waals surface area contributed by atoms with Gasteiger partial charge in [0.25, 0.3) is 0 Å². The van der Waals surface area contributed by atoms with E-state index in [2.05, 4.69) is 5.32 Å². The largest absolute Gasteiger partial charge is 0.395 e. The monoisotopic (exact) mass is 258 g/mol. The van der Waals surface area contributed by atoms with Gasteiger partial charge in [0.15, 0.2) is 0 Å². The standard InChI is InChI=1S/C11H15FN2O4/c1-18-7-9(6-15)13-5-8-3-2-4-10(11(8)12)14(16)17/h2-4,9,13,15H,5-7H2,1H3. The Labute approximate surface area is 104 Å². The van der Waals surface area contributed by atoms with Crippen molar-refractivity contribution in [3.05, 3.63) is 39.7 Å². The highest BCUT2D eigenvalue weighted by atomic mass is 19.1. The highest BCUT2D eigenvalue weighted by molar-refractivity contribution is 5.36. The minimum Gasteiger partial charge on any atom is -0.395 e. The molecule has 0 aliphatic carbocycles. The van der Waals surface area contributed by atoms with E-state index in [0.717, 1.165) is 6.07 Å². The summed E-state index contributed by atoms with van der Waals surface area (Å²) in [6, 6.07) is 3.64. The van der Waals surface area contributed by atoms with Gasteiger partial charge >= 0.3 is 5.69 Å². The van der Waals surface area contributed by atoms with Crippen molar-refractivity contribution in [1.29, 1.82) is 0 Å². The summed E-state index contributed by atoms with van der Waals surface area (Å²) in [6.07, 6.45) is 0. The first-order chi connectivity index (χ1) is 8.60. The van der Waals surface area contributed by atoms with Gasteiger partial charge in [-0.15, -0.1) is 0 Å². The molecule has 18 heavy (non-hydrogen) atoms. The van der Waals surface area contributed by atoms with E-state index in [-0.39, 0.29) is 31.4 Å². The molecule has 100 valence electrons. The summed E-state index contributed by atoms with van der Waals surface area (Å²) < 4.78 is 18.5. The van der Waals surface area contributed by atoms with E-state index in [0.29, 0.717) is 0 Å². The summed E-state index contributed by atoms with van der Waals surface area (Å²) in [5.74, 6) is -0.857. The maximum atomic E-state index is 13.7. The Morgan fingerprint density at radius 1 is 1.61 bits per heavy atom. The van der Waals surface area contributed by atoms with Crippen LogP contribution in [0.5, 0.6) is 0 Å². The smallest absolute Gasteiger partial charge is 0.305 e. The zero-order valence-electron chi connectivity index (χ0n) is 9.93. The second-order valence-electron chi connectivity index (χ2n) is 3.72. The van der Waals surface area contributed by atoms with E-state index in [1.54, 1.807) is 0 Å². The minimum absolute atomic E-state index is 0.0854. The number of nitrogens with one attached hydrogen (secondary N) is 1. The van der Waals surface area contributed by atoms with E-state index in [9.17, 15) is 14.5 Å². The summed E-state index contributed by atoms with van der Waals surface area (Å²) in [5, 5.41) is 22.4. The van der Waals surface area contributed by atoms with Crippen LogP contribution in [0, 0.1) is 15.9 Å². The van der Waals surface area contributed by atoms with Gasteiger partial charge in [0.2, 0.25) is 5.82 Å². The van der Waals surface area contributed by atoms with Crippen molar-refractivity contribution in [2.24, 2.45) is 0 Å². The molecule has 7 heteroatoms. The number of benzene rings is 1. The maximum Gasteiger partial charge on any atom is 0.305 e. The molecule has 0 aromatic heterocycles. The van der Waals surface area contributed by atoms with Crippen LogP contribution in [-0.2, 0) is 11.3 Å². The van der Waals surface area contributed by atoms with Crippen LogP contribution in [0.25, 0.3) is 0 Å². The quantitative estimate of drug-likeness (QED) is 0.559. The summed E-state index contributed by atoms with van der Waals surface area (Å²) in [7, 11) is 1.48. The maximum absolute atomic E-state index is 13.7. The SMILES string of the molecule is COCC(CO)NCc1cccc([N+](=O)[O-])c1F. The fraction of sp³-hybridized carbons (Fsp3) is 0.455. The van der Waals surface area contributed by atoms with E-state index in [4.69, 9.17) is 9.84 Å². The highest BCUT2D eigenvalue weighted by Gasteiger charge is 2.17. The normalized spacial score (nSPS) is 12.4. The van der Waals surface area contributed by atoms with Gasteiger partial charge in [0, 0.05) is 25.3 Å². The average molecular weight is 258 g/mol. The Morgan fingerprint density at radius 2 is 2.33 bits per heavy atom. The topological polar surface area (TPSA) is 84.6 Å². The van der Waals surface area contributed by atoms with Crippen molar-refractivity contribution in [3.63, 3.8) is 0 Å². The molecule has 6 nitrogen and oxygen atoms in total. The lowest BCUT2D eigenvalue weighted by Crippen LogP contribution is -2.36. The number of rotatable bonds is 7. The lowest BCUT2D eigenvalue weighted by molar-refractivity contribution is -0.387. The van der Waals surface area contributed by atoms with Crippen LogP contribution in [-0.4, -0.2) is 36.4 Å². The van der Waals surface area contributed by atoms with Crippen LogP contribution < -0.4 is 5.32 Å². The fourth-order valence-corrected chi connectivity index (χ4v) is 1.48. The molecule has 0 saturated carbocycles. The Kier molecular flexibility index (Phi) is 5.63. The molecule has 0 spiro atoms. The van der Waals surface area contributed by atoms with Crippen LogP contribution in [0.3, 0.4) is 0 Å². The van der Waals surface area contributed by atoms with E-state index >= 15 is 0 Å². The Hall–Kier alpha value is -1.57. The van der Waals surface area contributed by atoms with Crippen molar-refractivity contribution in [1.82, 2.24) is 5.32 Å². The van der Waals surface area contributed by atoms with Gasteiger partial charge in [-0.3, -0.25) is 10.1 Å². The van der Waals surface area contributed by atoms with Crippen molar-refractivity contribution >= 4 is 5.69 Å². The molecule has 0 radical (unpaired) electrons. The van der Waals surface area contributed by atoms with Crippen LogP contribution >= 0.6 is 0 Å². The number of nitrogens with zero attached hydrogens (tertiary/aromatic N) is 1. The van der Waals surface area contributed by atoms with Crippen molar-refractivity contribution in [2.45, 2.75) is 12.6 Å². The third-order valence-corrected chi connectivity index (χ3v) is 2.42. The van der Waals surface area contributed by atoms with Gasteiger partial charge < -0.3 is 15.2 Å². The molecule has 0 amide bonds. The summed E-state index contributed by atoms with van der Waals surface area (Å²) in [6.45, 7) is 0.194. The third kappa shape index (κ3) is 3.73. The van der Waals surface area contributed by atoms with Gasteiger partial charge in [0.1, 0.15) is 0 Å². The third-order valence-electron chi connectivity index (χ3n) is 2.42. The summed E-state index contributed by atoms with van der Waals surface area (Å²) in [5.41, 5.74) is -0.375. The first kappa shape index (κ1) is 14.5. The Balaban J connectivity index is 2.73. The molecule has 0 saturated heterocycles. The molecule has 1 aromatic rings. The van der Waals surface area contributed by atoms with Gasteiger partial charge in [-0.05, 0) is 0 Å². The second kappa shape index (κ2) is 7.00. The molecule has 0 aliphatic rings. The molecule has 1 unspecified atom stereocenters. The number of hydrogen-bond acceptors (Lipinski definition) is 5. The molecule has 0 heterocycles. The van der Waals surface area contributed by atoms with Gasteiger partial charge in [-0.2, -0.15) is 4.39 Å². The fourth-order valence-electron chi connectivity index (χ4n) is 1.48. The Morgan fingerprint density at radius 3 is 2.89 bits per heavy atom. The number of nitro benzene ring substituents is 1. The summed E-state index contributed by atoms with van der Waals surface area (Å²) in [4.78, 5) is 9.79. The summed E-state index contributed by atoms with van der Waals surface area (Å²) >= 11 is 0. The zero-order chi connectivity index (χ0) is 13.5. The number of aliphatic hydroxyl groups is 1. The second-order valence-corrected chi connectivity index (χ2v) is 3.72. The molecule has 0 aliphatic heterocycles. The van der Waals surface area contributed by atoms with E-state index in [1.165, 1.54) is 19.2 Å². The highest BCUT2D eigenvalue weighted by Crippen LogP contribution is 2.19. The van der Waals surface area contributed by atoms with Crippen LogP contribution in [0.15, 0.2) is 18.2 Å².